The molecule has 126 valence electrons. The van der Waals surface area contributed by atoms with Crippen LogP contribution in [-0.2, 0) is 0 Å². The van der Waals surface area contributed by atoms with Crippen molar-refractivity contribution in [2.75, 3.05) is 0 Å². The van der Waals surface area contributed by atoms with Crippen LogP contribution in [0.4, 0.5) is 14.5 Å². The van der Waals surface area contributed by atoms with Crippen molar-refractivity contribution in [3.63, 3.8) is 0 Å². The van der Waals surface area contributed by atoms with Gasteiger partial charge in [0.05, 0.1) is 18.5 Å². The predicted octanol–water partition coefficient (Wildman–Crippen LogP) is 5.23. The van der Waals surface area contributed by atoms with Crippen molar-refractivity contribution in [2.24, 2.45) is 0 Å². The number of benzene rings is 3. The molecule has 0 saturated heterocycles. The monoisotopic (exact) mass is 347 g/mol. The lowest BCUT2D eigenvalue weighted by molar-refractivity contribution is 0.399. The number of rotatable bonds is 2. The van der Waals surface area contributed by atoms with Crippen molar-refractivity contribution in [1.82, 2.24) is 9.78 Å². The number of hydrogen-bond acceptors (Lipinski definition) is 2. The average molecular weight is 347 g/mol. The summed E-state index contributed by atoms with van der Waals surface area (Å²) in [7, 11) is 0. The van der Waals surface area contributed by atoms with E-state index >= 15 is 0 Å². The van der Waals surface area contributed by atoms with Gasteiger partial charge in [0.25, 0.3) is 0 Å². The normalized spacial score (nSPS) is 10.8. The zero-order valence-electron chi connectivity index (χ0n) is 13.3. The van der Waals surface area contributed by atoms with Crippen LogP contribution in [0.15, 0.2) is 60.8 Å². The average Bonchev–Trinajstić information content (AvgIpc) is 3.10. The molecule has 0 fully saturated rings. The molecule has 1 aromatic heterocycles. The summed E-state index contributed by atoms with van der Waals surface area (Å²) in [5, 5.41) is 13.9. The van der Waals surface area contributed by atoms with Crippen molar-refractivity contribution in [3.8, 4) is 22.6 Å². The highest BCUT2D eigenvalue weighted by molar-refractivity contribution is 5.83. The van der Waals surface area contributed by atoms with E-state index in [4.69, 9.17) is 6.57 Å². The number of halogens is 2. The second-order valence-corrected chi connectivity index (χ2v) is 5.72. The Morgan fingerprint density at radius 1 is 0.962 bits per heavy atom. The van der Waals surface area contributed by atoms with Crippen LogP contribution in [-0.4, -0.2) is 14.9 Å². The second-order valence-electron chi connectivity index (χ2n) is 5.72. The SMILES string of the molecule is [C-]#[N+]c1ccc(-c2ccc(-n3ncc4cc(F)c(O)c(F)c43)cc2)cc1. The molecule has 4 aromatic rings. The topological polar surface area (TPSA) is 42.4 Å². The Morgan fingerprint density at radius 3 is 2.19 bits per heavy atom. The molecule has 3 aromatic carbocycles. The molecule has 0 bridgehead atoms. The summed E-state index contributed by atoms with van der Waals surface area (Å²) >= 11 is 0. The van der Waals surface area contributed by atoms with Gasteiger partial charge in [-0.3, -0.25) is 0 Å². The first-order chi connectivity index (χ1) is 12.6. The van der Waals surface area contributed by atoms with Gasteiger partial charge in [-0.05, 0) is 29.3 Å². The fourth-order valence-corrected chi connectivity index (χ4v) is 2.83. The zero-order valence-corrected chi connectivity index (χ0v) is 13.3. The Labute approximate surface area is 147 Å². The van der Waals surface area contributed by atoms with Crippen LogP contribution in [0, 0.1) is 18.2 Å². The maximum absolute atomic E-state index is 14.3. The Kier molecular flexibility index (Phi) is 3.63. The number of nitrogens with zero attached hydrogens (tertiary/aromatic N) is 3. The van der Waals surface area contributed by atoms with Gasteiger partial charge in [-0.2, -0.15) is 5.10 Å². The Hall–Kier alpha value is -3.72. The summed E-state index contributed by atoms with van der Waals surface area (Å²) in [6, 6.07) is 15.4. The molecule has 4 rings (SSSR count). The maximum atomic E-state index is 14.3. The first-order valence-corrected chi connectivity index (χ1v) is 7.71. The van der Waals surface area contributed by atoms with Gasteiger partial charge in [0.1, 0.15) is 5.52 Å². The fraction of sp³-hybridized carbons (Fsp3) is 0. The van der Waals surface area contributed by atoms with E-state index in [9.17, 15) is 13.9 Å². The van der Waals surface area contributed by atoms with Crippen LogP contribution >= 0.6 is 0 Å². The molecule has 0 unspecified atom stereocenters. The molecule has 0 aliphatic heterocycles. The molecular weight excluding hydrogens is 336 g/mol. The molecule has 4 nitrogen and oxygen atoms in total. The van der Waals surface area contributed by atoms with Crippen molar-refractivity contribution < 1.29 is 13.9 Å². The van der Waals surface area contributed by atoms with Crippen molar-refractivity contribution in [1.29, 1.82) is 0 Å². The number of phenolic OH excluding ortho intramolecular Hbond substituents is 1. The van der Waals surface area contributed by atoms with Gasteiger partial charge in [-0.25, -0.2) is 18.3 Å². The van der Waals surface area contributed by atoms with E-state index < -0.39 is 17.4 Å². The number of aromatic nitrogens is 2. The van der Waals surface area contributed by atoms with Crippen molar-refractivity contribution >= 4 is 16.6 Å². The van der Waals surface area contributed by atoms with E-state index in [1.165, 1.54) is 10.9 Å². The van der Waals surface area contributed by atoms with E-state index in [0.29, 0.717) is 11.4 Å². The molecule has 0 aliphatic rings. The lowest BCUT2D eigenvalue weighted by Gasteiger charge is -2.07. The molecule has 1 N–H and O–H groups in total. The van der Waals surface area contributed by atoms with E-state index in [2.05, 4.69) is 9.94 Å². The first-order valence-electron chi connectivity index (χ1n) is 7.71. The molecule has 1 heterocycles. The molecule has 6 heteroatoms. The minimum Gasteiger partial charge on any atom is -0.503 e. The second kappa shape index (κ2) is 5.97. The highest BCUT2D eigenvalue weighted by Gasteiger charge is 2.17. The zero-order chi connectivity index (χ0) is 18.3. The standard InChI is InChI=1S/C20H11F2N3O/c1-23-15-6-2-12(3-7-15)13-4-8-16(9-5-13)25-19-14(11-24-25)10-17(21)20(26)18(19)22/h2-11,26H. The first kappa shape index (κ1) is 15.8. The molecule has 0 atom stereocenters. The van der Waals surface area contributed by atoms with E-state index in [-0.39, 0.29) is 10.9 Å². The van der Waals surface area contributed by atoms with E-state index in [1.807, 2.05) is 24.3 Å². The summed E-state index contributed by atoms with van der Waals surface area (Å²) in [6.07, 6.45) is 1.35. The molecule has 0 saturated carbocycles. The minimum absolute atomic E-state index is 0.0121. The third-order valence-electron chi connectivity index (χ3n) is 4.16. The molecule has 0 amide bonds. The van der Waals surface area contributed by atoms with Crippen LogP contribution in [0.2, 0.25) is 0 Å². The van der Waals surface area contributed by atoms with Gasteiger partial charge in [-0.1, -0.05) is 36.4 Å². The van der Waals surface area contributed by atoms with Gasteiger partial charge in [-0.15, -0.1) is 0 Å². The van der Waals surface area contributed by atoms with Crippen LogP contribution in [0.25, 0.3) is 32.6 Å². The van der Waals surface area contributed by atoms with Crippen molar-refractivity contribution in [3.05, 3.63) is 83.8 Å². The molecule has 26 heavy (non-hydrogen) atoms. The van der Waals surface area contributed by atoms with Gasteiger partial charge >= 0.3 is 0 Å². The summed E-state index contributed by atoms with van der Waals surface area (Å²) in [4.78, 5) is 3.36. The summed E-state index contributed by atoms with van der Waals surface area (Å²) < 4.78 is 29.1. The lowest BCUT2D eigenvalue weighted by Crippen LogP contribution is -1.98. The molecule has 0 radical (unpaired) electrons. The van der Waals surface area contributed by atoms with Crippen LogP contribution < -0.4 is 0 Å². The van der Waals surface area contributed by atoms with E-state index in [0.717, 1.165) is 17.2 Å². The molecule has 0 spiro atoms. The number of phenols is 1. The van der Waals surface area contributed by atoms with Crippen LogP contribution in [0.1, 0.15) is 0 Å². The smallest absolute Gasteiger partial charge is 0.194 e. The number of hydrogen-bond donors (Lipinski definition) is 1. The maximum Gasteiger partial charge on any atom is 0.194 e. The van der Waals surface area contributed by atoms with Crippen LogP contribution in [0.5, 0.6) is 5.75 Å². The summed E-state index contributed by atoms with van der Waals surface area (Å²) in [5.74, 6) is -3.08. The summed E-state index contributed by atoms with van der Waals surface area (Å²) in [5.41, 5.74) is 3.02. The van der Waals surface area contributed by atoms with Crippen molar-refractivity contribution in [2.45, 2.75) is 0 Å². The third-order valence-corrected chi connectivity index (χ3v) is 4.16. The van der Waals surface area contributed by atoms with Gasteiger partial charge in [0.15, 0.2) is 23.1 Å². The third kappa shape index (κ3) is 2.47. The number of fused-ring (bicyclic) bond motifs is 1. The highest BCUT2D eigenvalue weighted by Crippen LogP contribution is 2.31. The lowest BCUT2D eigenvalue weighted by atomic mass is 10.1. The Balaban J connectivity index is 1.77. The predicted molar refractivity (Wildman–Crippen MR) is 94.3 cm³/mol. The Bertz CT molecular complexity index is 1160. The van der Waals surface area contributed by atoms with Gasteiger partial charge in [0.2, 0.25) is 0 Å². The van der Waals surface area contributed by atoms with Crippen LogP contribution in [0.3, 0.4) is 0 Å². The molecular formula is C20H11F2N3O. The molecule has 0 aliphatic carbocycles. The van der Waals surface area contributed by atoms with Gasteiger partial charge < -0.3 is 5.11 Å². The summed E-state index contributed by atoms with van der Waals surface area (Å²) in [6.45, 7) is 6.98. The van der Waals surface area contributed by atoms with E-state index in [1.54, 1.807) is 24.3 Å². The minimum atomic E-state index is -1.05. The largest absolute Gasteiger partial charge is 0.503 e. The van der Waals surface area contributed by atoms with Gasteiger partial charge in [0, 0.05) is 5.39 Å². The highest BCUT2D eigenvalue weighted by atomic mass is 19.1. The fourth-order valence-electron chi connectivity index (χ4n) is 2.83. The quantitative estimate of drug-likeness (QED) is 0.505. The Morgan fingerprint density at radius 2 is 1.58 bits per heavy atom. The number of aromatic hydroxyl groups is 1.